The first kappa shape index (κ1) is 18.9. The van der Waals surface area contributed by atoms with Gasteiger partial charge in [0.15, 0.2) is 5.78 Å². The molecule has 0 unspecified atom stereocenters. The molecule has 3 nitrogen and oxygen atoms in total. The third kappa shape index (κ3) is 2.75. The molecule has 0 fully saturated rings. The van der Waals surface area contributed by atoms with Crippen LogP contribution in [0, 0.1) is 13.8 Å². The first-order chi connectivity index (χ1) is 14.5. The number of ketones is 1. The van der Waals surface area contributed by atoms with Crippen LogP contribution in [-0.4, -0.2) is 10.4 Å². The van der Waals surface area contributed by atoms with E-state index in [0.717, 1.165) is 54.4 Å². The molecule has 0 bridgehead atoms. The van der Waals surface area contributed by atoms with Gasteiger partial charge >= 0.3 is 0 Å². The third-order valence-electron chi connectivity index (χ3n) is 5.69. The highest BCUT2D eigenvalue weighted by molar-refractivity contribution is 9.10. The number of carbonyl (C=O) groups excluding carboxylic acids is 1. The minimum atomic E-state index is 0.0483. The summed E-state index contributed by atoms with van der Waals surface area (Å²) in [6, 6.07) is 20.6. The van der Waals surface area contributed by atoms with Gasteiger partial charge in [0.05, 0.1) is 16.3 Å². The zero-order valence-corrected chi connectivity index (χ0v) is 18.6. The number of benzene rings is 3. The zero-order valence-electron chi connectivity index (χ0n) is 17.0. The van der Waals surface area contributed by atoms with E-state index in [9.17, 15) is 4.79 Å². The maximum Gasteiger partial charge on any atom is 0.162 e. The average molecular weight is 458 g/mol. The molecule has 0 aliphatic carbocycles. The summed E-state index contributed by atoms with van der Waals surface area (Å²) in [5.74, 6) is 0.0483. The van der Waals surface area contributed by atoms with Crippen LogP contribution in [0.2, 0.25) is 0 Å². The van der Waals surface area contributed by atoms with Crippen LogP contribution in [0.4, 0.5) is 0 Å². The van der Waals surface area contributed by atoms with Crippen molar-refractivity contribution in [1.29, 1.82) is 0 Å². The monoisotopic (exact) mass is 457 g/mol. The van der Waals surface area contributed by atoms with Crippen molar-refractivity contribution in [3.8, 4) is 16.8 Å². The van der Waals surface area contributed by atoms with Crippen LogP contribution >= 0.6 is 15.9 Å². The van der Waals surface area contributed by atoms with E-state index in [-0.39, 0.29) is 5.78 Å². The molecule has 0 saturated heterocycles. The number of Topliss-reactive ketones (excluding diaryl/α,β-unsaturated/α-hetero) is 1. The summed E-state index contributed by atoms with van der Waals surface area (Å²) < 4.78 is 9.01. The number of furan rings is 1. The fraction of sp³-hybridized carbons (Fsp3) is 0.115. The molecule has 0 N–H and O–H groups in total. The Balaban J connectivity index is 1.98. The standard InChI is InChI=1S/C26H20BrNO2/c1-15-9-11-19(12-10-15)28-16(2)23(17(3)29)25-22(28)13-21(27)26-24(25)20(14-30-26)18-7-5-4-6-8-18/h4-14H,1-3H3. The van der Waals surface area contributed by atoms with E-state index in [0.29, 0.717) is 0 Å². The fourth-order valence-electron chi connectivity index (χ4n) is 4.36. The quantitative estimate of drug-likeness (QED) is 0.261. The predicted molar refractivity (Wildman–Crippen MR) is 126 cm³/mol. The molecule has 4 heteroatoms. The molecular weight excluding hydrogens is 438 g/mol. The summed E-state index contributed by atoms with van der Waals surface area (Å²) in [6.45, 7) is 5.72. The number of aromatic nitrogens is 1. The second-order valence-corrected chi connectivity index (χ2v) is 8.51. The van der Waals surface area contributed by atoms with Crippen molar-refractivity contribution in [1.82, 2.24) is 4.57 Å². The number of halogens is 1. The van der Waals surface area contributed by atoms with E-state index in [1.165, 1.54) is 5.56 Å². The molecule has 2 aromatic heterocycles. The highest BCUT2D eigenvalue weighted by atomic mass is 79.9. The first-order valence-electron chi connectivity index (χ1n) is 9.85. The van der Waals surface area contributed by atoms with E-state index < -0.39 is 0 Å². The van der Waals surface area contributed by atoms with Gasteiger partial charge in [-0.2, -0.15) is 0 Å². The Bertz CT molecular complexity index is 1420. The number of hydrogen-bond donors (Lipinski definition) is 0. The second kappa shape index (κ2) is 6.99. The summed E-state index contributed by atoms with van der Waals surface area (Å²) in [4.78, 5) is 12.8. The lowest BCUT2D eigenvalue weighted by atomic mass is 9.98. The number of carbonyl (C=O) groups is 1. The van der Waals surface area contributed by atoms with Gasteiger partial charge in [0.1, 0.15) is 5.58 Å². The van der Waals surface area contributed by atoms with Crippen LogP contribution in [0.3, 0.4) is 0 Å². The van der Waals surface area contributed by atoms with Gasteiger partial charge in [-0.15, -0.1) is 0 Å². The Morgan fingerprint density at radius 2 is 1.67 bits per heavy atom. The van der Waals surface area contributed by atoms with Crippen molar-refractivity contribution in [2.45, 2.75) is 20.8 Å². The number of fused-ring (bicyclic) bond motifs is 3. The van der Waals surface area contributed by atoms with Gasteiger partial charge in [0, 0.05) is 33.3 Å². The molecule has 3 aromatic carbocycles. The smallest absolute Gasteiger partial charge is 0.162 e. The Labute approximate surface area is 183 Å². The van der Waals surface area contributed by atoms with E-state index >= 15 is 0 Å². The van der Waals surface area contributed by atoms with Crippen molar-refractivity contribution in [3.63, 3.8) is 0 Å². The maximum absolute atomic E-state index is 12.8. The van der Waals surface area contributed by atoms with Crippen LogP contribution in [0.25, 0.3) is 38.7 Å². The lowest BCUT2D eigenvalue weighted by Gasteiger charge is -2.09. The SMILES string of the molecule is CC(=O)c1c(C)n(-c2ccc(C)cc2)c2cc(Br)c3occ(-c4ccccc4)c3c12. The Hall–Kier alpha value is -3.11. The highest BCUT2D eigenvalue weighted by Crippen LogP contribution is 2.43. The molecular formula is C26H20BrNO2. The molecule has 0 aliphatic heterocycles. The summed E-state index contributed by atoms with van der Waals surface area (Å²) in [7, 11) is 0. The minimum absolute atomic E-state index is 0.0483. The number of nitrogens with zero attached hydrogens (tertiary/aromatic N) is 1. The van der Waals surface area contributed by atoms with Gasteiger partial charge in [-0.25, -0.2) is 0 Å². The predicted octanol–water partition coefficient (Wildman–Crippen LogP) is 7.63. The lowest BCUT2D eigenvalue weighted by molar-refractivity contribution is 0.101. The largest absolute Gasteiger partial charge is 0.462 e. The molecule has 0 aliphatic rings. The van der Waals surface area contributed by atoms with E-state index in [4.69, 9.17) is 4.42 Å². The third-order valence-corrected chi connectivity index (χ3v) is 6.28. The molecule has 0 atom stereocenters. The molecule has 0 spiro atoms. The van der Waals surface area contributed by atoms with Crippen molar-refractivity contribution >= 4 is 43.6 Å². The van der Waals surface area contributed by atoms with Gasteiger partial charge in [-0.3, -0.25) is 4.79 Å². The molecule has 30 heavy (non-hydrogen) atoms. The molecule has 5 aromatic rings. The van der Waals surface area contributed by atoms with E-state index in [1.54, 1.807) is 13.2 Å². The second-order valence-electron chi connectivity index (χ2n) is 7.66. The highest BCUT2D eigenvalue weighted by Gasteiger charge is 2.25. The van der Waals surface area contributed by atoms with Crippen LogP contribution in [0.1, 0.15) is 28.5 Å². The summed E-state index contributed by atoms with van der Waals surface area (Å²) in [5, 5.41) is 1.90. The van der Waals surface area contributed by atoms with E-state index in [1.807, 2.05) is 25.1 Å². The van der Waals surface area contributed by atoms with Crippen molar-refractivity contribution in [2.75, 3.05) is 0 Å². The van der Waals surface area contributed by atoms with Crippen molar-refractivity contribution in [3.05, 3.63) is 88.2 Å². The number of rotatable bonds is 3. The summed E-state index contributed by atoms with van der Waals surface area (Å²) in [6.07, 6.45) is 1.78. The van der Waals surface area contributed by atoms with Crippen LogP contribution in [-0.2, 0) is 0 Å². The van der Waals surface area contributed by atoms with Gasteiger partial charge in [0.2, 0.25) is 0 Å². The Kier molecular flexibility index (Phi) is 4.40. The Morgan fingerprint density at radius 1 is 0.967 bits per heavy atom. The minimum Gasteiger partial charge on any atom is -0.462 e. The molecule has 0 amide bonds. The molecule has 148 valence electrons. The summed E-state index contributed by atoms with van der Waals surface area (Å²) in [5.41, 5.74) is 7.69. The van der Waals surface area contributed by atoms with Crippen molar-refractivity contribution in [2.24, 2.45) is 0 Å². The lowest BCUT2D eigenvalue weighted by Crippen LogP contribution is -1.99. The maximum atomic E-state index is 12.8. The Morgan fingerprint density at radius 3 is 2.33 bits per heavy atom. The topological polar surface area (TPSA) is 35.1 Å². The summed E-state index contributed by atoms with van der Waals surface area (Å²) >= 11 is 3.70. The van der Waals surface area contributed by atoms with Gasteiger partial charge in [-0.1, -0.05) is 48.0 Å². The normalized spacial score (nSPS) is 11.5. The molecule has 5 rings (SSSR count). The van der Waals surface area contributed by atoms with Gasteiger partial charge in [-0.05, 0) is 60.5 Å². The zero-order chi connectivity index (χ0) is 21.0. The molecule has 0 saturated carbocycles. The average Bonchev–Trinajstić information content (AvgIpc) is 3.29. The van der Waals surface area contributed by atoms with Crippen molar-refractivity contribution < 1.29 is 9.21 Å². The molecule has 2 heterocycles. The van der Waals surface area contributed by atoms with Crippen LogP contribution in [0.5, 0.6) is 0 Å². The van der Waals surface area contributed by atoms with Gasteiger partial charge < -0.3 is 8.98 Å². The first-order valence-corrected chi connectivity index (χ1v) is 10.6. The number of aryl methyl sites for hydroxylation is 1. The van der Waals surface area contributed by atoms with E-state index in [2.05, 4.69) is 69.9 Å². The van der Waals surface area contributed by atoms with Gasteiger partial charge in [0.25, 0.3) is 0 Å². The van der Waals surface area contributed by atoms with Crippen LogP contribution < -0.4 is 0 Å². The van der Waals surface area contributed by atoms with Crippen LogP contribution in [0.15, 0.2) is 75.8 Å². The fourth-order valence-corrected chi connectivity index (χ4v) is 4.87. The number of hydrogen-bond acceptors (Lipinski definition) is 2. The molecule has 0 radical (unpaired) electrons.